The molecule has 0 spiro atoms. The van der Waals surface area contributed by atoms with Gasteiger partial charge in [-0.25, -0.2) is 0 Å². The third-order valence-corrected chi connectivity index (χ3v) is 0.842. The second-order valence-corrected chi connectivity index (χ2v) is 2.19. The van der Waals surface area contributed by atoms with E-state index in [2.05, 4.69) is 0 Å². The summed E-state index contributed by atoms with van der Waals surface area (Å²) in [6.07, 6.45) is -4.81. The summed E-state index contributed by atoms with van der Waals surface area (Å²) in [5.74, 6) is -1.95. The van der Waals surface area contributed by atoms with Crippen LogP contribution in [0.25, 0.3) is 0 Å². The number of nitrogens with one attached hydrogen (secondary N) is 1. The van der Waals surface area contributed by atoms with E-state index in [9.17, 15) is 18.0 Å². The maximum Gasteiger partial charge on any atom is 0.471 e. The van der Waals surface area contributed by atoms with Crippen molar-refractivity contribution >= 4 is 5.91 Å². The number of rotatable bonds is 2. The van der Waals surface area contributed by atoms with Crippen molar-refractivity contribution in [3.05, 3.63) is 0 Å². The van der Waals surface area contributed by atoms with Crippen molar-refractivity contribution in [2.24, 2.45) is 5.73 Å². The summed E-state index contributed by atoms with van der Waals surface area (Å²) in [6.45, 7) is 1.33. The maximum atomic E-state index is 11.4. The molecule has 0 saturated carbocycles. The van der Waals surface area contributed by atoms with Crippen molar-refractivity contribution in [2.75, 3.05) is 6.54 Å². The van der Waals surface area contributed by atoms with Crippen molar-refractivity contribution in [1.82, 2.24) is 5.32 Å². The lowest BCUT2D eigenvalue weighted by Crippen LogP contribution is -2.42. The van der Waals surface area contributed by atoms with E-state index in [-0.39, 0.29) is 6.54 Å². The molecule has 11 heavy (non-hydrogen) atoms. The van der Waals surface area contributed by atoms with Crippen LogP contribution < -0.4 is 11.1 Å². The molecule has 1 amide bonds. The van der Waals surface area contributed by atoms with Gasteiger partial charge in [0.05, 0.1) is 0 Å². The highest BCUT2D eigenvalue weighted by Gasteiger charge is 2.38. The summed E-state index contributed by atoms with van der Waals surface area (Å²) < 4.78 is 34.3. The van der Waals surface area contributed by atoms with Crippen LogP contribution in [0.5, 0.6) is 0 Å². The molecule has 0 aromatic heterocycles. The van der Waals surface area contributed by atoms with Crippen molar-refractivity contribution in [1.29, 1.82) is 0 Å². The van der Waals surface area contributed by atoms with E-state index in [1.807, 2.05) is 0 Å². The van der Waals surface area contributed by atoms with Crippen LogP contribution in [0.1, 0.15) is 6.92 Å². The molecule has 0 bridgehead atoms. The highest BCUT2D eigenvalue weighted by molar-refractivity contribution is 5.81. The van der Waals surface area contributed by atoms with Gasteiger partial charge < -0.3 is 11.1 Å². The highest BCUT2D eigenvalue weighted by Crippen LogP contribution is 2.13. The molecule has 0 unspecified atom stereocenters. The zero-order valence-electron chi connectivity index (χ0n) is 5.90. The maximum absolute atomic E-state index is 11.4. The summed E-state index contributed by atoms with van der Waals surface area (Å²) >= 11 is 0. The third kappa shape index (κ3) is 4.60. The normalized spacial score (nSPS) is 14.3. The molecule has 0 aromatic rings. The average molecular weight is 170 g/mol. The van der Waals surface area contributed by atoms with Gasteiger partial charge in [-0.05, 0) is 6.92 Å². The van der Waals surface area contributed by atoms with E-state index >= 15 is 0 Å². The molecule has 3 nitrogen and oxygen atoms in total. The van der Waals surface area contributed by atoms with E-state index in [4.69, 9.17) is 5.73 Å². The van der Waals surface area contributed by atoms with Crippen LogP contribution in [0, 0.1) is 0 Å². The molecule has 0 aromatic carbocycles. The fourth-order valence-corrected chi connectivity index (χ4v) is 0.354. The fourth-order valence-electron chi connectivity index (χ4n) is 0.354. The summed E-state index contributed by atoms with van der Waals surface area (Å²) in [7, 11) is 0. The Morgan fingerprint density at radius 2 is 2.09 bits per heavy atom. The average Bonchev–Trinajstić information content (AvgIpc) is 1.80. The quantitative estimate of drug-likeness (QED) is 0.613. The van der Waals surface area contributed by atoms with Crippen molar-refractivity contribution in [3.8, 4) is 0 Å². The molecule has 6 heteroatoms. The van der Waals surface area contributed by atoms with Gasteiger partial charge in [0.2, 0.25) is 0 Å². The first-order chi connectivity index (χ1) is 4.84. The molecule has 0 aliphatic heterocycles. The third-order valence-electron chi connectivity index (χ3n) is 0.842. The Balaban J connectivity index is 3.71. The predicted octanol–water partition coefficient (Wildman–Crippen LogP) is 0.0121. The lowest BCUT2D eigenvalue weighted by molar-refractivity contribution is -0.173. The number of hydrogen-bond donors (Lipinski definition) is 2. The highest BCUT2D eigenvalue weighted by atomic mass is 19.4. The largest absolute Gasteiger partial charge is 0.471 e. The van der Waals surface area contributed by atoms with E-state index < -0.39 is 18.1 Å². The Kier molecular flexibility index (Phi) is 3.31. The molecule has 66 valence electrons. The monoisotopic (exact) mass is 170 g/mol. The summed E-state index contributed by atoms with van der Waals surface area (Å²) in [4.78, 5) is 10.1. The van der Waals surface area contributed by atoms with Crippen LogP contribution in [0.3, 0.4) is 0 Å². The van der Waals surface area contributed by atoms with Gasteiger partial charge in [-0.2, -0.15) is 13.2 Å². The first-order valence-corrected chi connectivity index (χ1v) is 2.94. The number of amides is 1. The number of carbonyl (C=O) groups excluding carboxylic acids is 1. The van der Waals surface area contributed by atoms with Crippen LogP contribution in [0.2, 0.25) is 0 Å². The molecule has 3 N–H and O–H groups in total. The Hall–Kier alpha value is -0.780. The van der Waals surface area contributed by atoms with Gasteiger partial charge in [0.1, 0.15) is 0 Å². The van der Waals surface area contributed by atoms with E-state index in [1.165, 1.54) is 6.92 Å². The molecule has 0 saturated heterocycles. The molecule has 0 heterocycles. The smallest absolute Gasteiger partial charge is 0.347 e. The zero-order chi connectivity index (χ0) is 9.07. The zero-order valence-corrected chi connectivity index (χ0v) is 5.90. The van der Waals surface area contributed by atoms with Gasteiger partial charge in [-0.1, -0.05) is 0 Å². The molecular formula is C5H9F3N2O. The van der Waals surface area contributed by atoms with E-state index in [0.717, 1.165) is 0 Å². The minimum atomic E-state index is -4.81. The number of carbonyl (C=O) groups is 1. The van der Waals surface area contributed by atoms with Crippen LogP contribution in [0.4, 0.5) is 13.2 Å². The molecular weight excluding hydrogens is 161 g/mol. The minimum absolute atomic E-state index is 0.168. The number of alkyl halides is 3. The number of nitrogens with two attached hydrogens (primary N) is 1. The van der Waals surface area contributed by atoms with E-state index in [1.54, 1.807) is 5.32 Å². The van der Waals surface area contributed by atoms with Crippen molar-refractivity contribution in [2.45, 2.75) is 19.1 Å². The molecule has 0 rings (SSSR count). The lowest BCUT2D eigenvalue weighted by Gasteiger charge is -2.09. The second kappa shape index (κ2) is 3.56. The Labute approximate surface area is 61.7 Å². The minimum Gasteiger partial charge on any atom is -0.347 e. The van der Waals surface area contributed by atoms with Crippen LogP contribution in [0.15, 0.2) is 0 Å². The Morgan fingerprint density at radius 1 is 1.64 bits per heavy atom. The standard InChI is InChI=1S/C5H9F3N2O/c1-3(9)2-10-4(11)5(6,7)8/h3H,2,9H2,1H3,(H,10,11)/t3-/m1/s1. The van der Waals surface area contributed by atoms with E-state index in [0.29, 0.717) is 0 Å². The van der Waals surface area contributed by atoms with Crippen LogP contribution in [-0.2, 0) is 4.79 Å². The second-order valence-electron chi connectivity index (χ2n) is 2.19. The van der Waals surface area contributed by atoms with Gasteiger partial charge in [0, 0.05) is 12.6 Å². The summed E-state index contributed by atoms with van der Waals surface area (Å²) in [6, 6.07) is -0.471. The first-order valence-electron chi connectivity index (χ1n) is 2.94. The summed E-state index contributed by atoms with van der Waals surface area (Å²) in [5, 5.41) is 1.63. The topological polar surface area (TPSA) is 55.1 Å². The molecule has 0 radical (unpaired) electrons. The fraction of sp³-hybridized carbons (Fsp3) is 0.800. The van der Waals surface area contributed by atoms with Gasteiger partial charge >= 0.3 is 12.1 Å². The number of hydrogen-bond acceptors (Lipinski definition) is 2. The molecule has 0 fully saturated rings. The van der Waals surface area contributed by atoms with Gasteiger partial charge in [0.25, 0.3) is 0 Å². The van der Waals surface area contributed by atoms with Crippen LogP contribution in [-0.4, -0.2) is 24.7 Å². The molecule has 1 atom stereocenters. The van der Waals surface area contributed by atoms with Crippen molar-refractivity contribution < 1.29 is 18.0 Å². The Bertz CT molecular complexity index is 143. The van der Waals surface area contributed by atoms with Gasteiger partial charge in [-0.15, -0.1) is 0 Å². The Morgan fingerprint density at radius 3 is 2.36 bits per heavy atom. The predicted molar refractivity (Wildman–Crippen MR) is 32.7 cm³/mol. The lowest BCUT2D eigenvalue weighted by atomic mass is 10.3. The van der Waals surface area contributed by atoms with Gasteiger partial charge in [0.15, 0.2) is 0 Å². The molecule has 0 aliphatic carbocycles. The molecule has 0 aliphatic rings. The first kappa shape index (κ1) is 10.2. The van der Waals surface area contributed by atoms with Crippen LogP contribution >= 0.6 is 0 Å². The van der Waals surface area contributed by atoms with Crippen molar-refractivity contribution in [3.63, 3.8) is 0 Å². The van der Waals surface area contributed by atoms with Gasteiger partial charge in [-0.3, -0.25) is 4.79 Å². The summed E-state index contributed by atoms with van der Waals surface area (Å²) in [5.41, 5.74) is 5.10. The SMILES string of the molecule is C[C@@H](N)CNC(=O)C(F)(F)F. The number of halogens is 3.